The smallest absolute Gasteiger partial charge is 0.345 e. The van der Waals surface area contributed by atoms with Gasteiger partial charge >= 0.3 is 5.97 Å². The average Bonchev–Trinajstić information content (AvgIpc) is 3.73. The van der Waals surface area contributed by atoms with Crippen LogP contribution in [0.1, 0.15) is 57.2 Å². The molecule has 1 unspecified atom stereocenters. The molecule has 0 bridgehead atoms. The molecule has 1 saturated heterocycles. The number of halogens is 2. The lowest BCUT2D eigenvalue weighted by Gasteiger charge is -1.96. The maximum atomic E-state index is 11.1. The monoisotopic (exact) mass is 729 g/mol. The van der Waals surface area contributed by atoms with Crippen LogP contribution in [0.3, 0.4) is 0 Å². The number of rotatable bonds is 4. The summed E-state index contributed by atoms with van der Waals surface area (Å²) in [7, 11) is 0. The minimum absolute atomic E-state index is 0.0623. The van der Waals surface area contributed by atoms with Gasteiger partial charge in [-0.15, -0.1) is 11.3 Å². The molecule has 1 aliphatic rings. The van der Waals surface area contributed by atoms with Gasteiger partial charge in [-0.25, -0.2) is 4.79 Å². The van der Waals surface area contributed by atoms with Crippen molar-refractivity contribution in [3.8, 4) is 0 Å². The molecule has 43 heavy (non-hydrogen) atoms. The van der Waals surface area contributed by atoms with Crippen molar-refractivity contribution in [3.63, 3.8) is 0 Å². The highest BCUT2D eigenvalue weighted by atomic mass is 79.9. The van der Waals surface area contributed by atoms with Gasteiger partial charge in [0.05, 0.1) is 12.3 Å². The number of aromatic nitrogens is 1. The Balaban J connectivity index is 0.000000162. The van der Waals surface area contributed by atoms with Crippen LogP contribution in [0, 0.1) is 0 Å². The molecule has 0 aliphatic carbocycles. The highest BCUT2D eigenvalue weighted by molar-refractivity contribution is 9.10. The number of carboxylic acid groups (broad SMARTS) is 1. The number of anilines is 1. The number of benzene rings is 3. The number of hydrogen-bond acceptors (Lipinski definition) is 7. The lowest BCUT2D eigenvalue weighted by atomic mass is 10.1. The van der Waals surface area contributed by atoms with Gasteiger partial charge in [0.2, 0.25) is 0 Å². The zero-order chi connectivity index (χ0) is 31.5. The summed E-state index contributed by atoms with van der Waals surface area (Å²) in [5.41, 5.74) is 13.9. The number of fused-ring (bicyclic) bond motifs is 2. The molecule has 8 nitrogen and oxygen atoms in total. The lowest BCUT2D eigenvalue weighted by Crippen LogP contribution is -2.18. The fraction of sp³-hybridized carbons (Fsp3) is 0.219. The highest BCUT2D eigenvalue weighted by Gasteiger charge is 2.09. The molecule has 3 heterocycles. The predicted octanol–water partition coefficient (Wildman–Crippen LogP) is 8.09. The first-order valence-electron chi connectivity index (χ1n) is 13.4. The summed E-state index contributed by atoms with van der Waals surface area (Å²) in [5, 5.41) is 10.8. The van der Waals surface area contributed by atoms with E-state index >= 15 is 0 Å². The summed E-state index contributed by atoms with van der Waals surface area (Å²) in [6.07, 6.45) is 1.59. The topological polar surface area (TPSA) is 148 Å². The van der Waals surface area contributed by atoms with E-state index in [4.69, 9.17) is 21.3 Å². The van der Waals surface area contributed by atoms with Crippen LogP contribution in [0.15, 0.2) is 81.7 Å². The van der Waals surface area contributed by atoms with Gasteiger partial charge in [0, 0.05) is 61.8 Å². The number of carbonyl (C=O) groups excluding carboxylic acids is 2. The number of nitrogens with one attached hydrogen (secondary N) is 1. The number of nitrogens with two attached hydrogens (primary N) is 2. The third-order valence-electron chi connectivity index (χ3n) is 6.18. The molecule has 226 valence electrons. The van der Waals surface area contributed by atoms with E-state index in [-0.39, 0.29) is 11.6 Å². The second-order valence-corrected chi connectivity index (χ2v) is 12.5. The normalized spacial score (nSPS) is 13.7. The van der Waals surface area contributed by atoms with Crippen LogP contribution in [-0.2, 0) is 4.74 Å². The Morgan fingerprint density at radius 1 is 0.977 bits per heavy atom. The Kier molecular flexibility index (Phi) is 13.1. The molecule has 1 atom stereocenters. The van der Waals surface area contributed by atoms with Gasteiger partial charge in [-0.3, -0.25) is 9.59 Å². The number of carboxylic acids is 1. The fourth-order valence-electron chi connectivity index (χ4n) is 3.83. The second-order valence-electron chi connectivity index (χ2n) is 9.59. The van der Waals surface area contributed by atoms with E-state index < -0.39 is 5.97 Å². The van der Waals surface area contributed by atoms with Crippen LogP contribution in [0.4, 0.5) is 5.69 Å². The van der Waals surface area contributed by atoms with Crippen molar-refractivity contribution in [2.24, 2.45) is 5.73 Å². The highest BCUT2D eigenvalue weighted by Crippen LogP contribution is 2.28. The zero-order valence-electron chi connectivity index (χ0n) is 23.7. The molecular formula is C32H33Br2N3O5S. The van der Waals surface area contributed by atoms with Crippen LogP contribution in [0.25, 0.3) is 21.0 Å². The molecule has 1 aliphatic heterocycles. The zero-order valence-corrected chi connectivity index (χ0v) is 27.7. The summed E-state index contributed by atoms with van der Waals surface area (Å²) in [6, 6.07) is 22.5. The van der Waals surface area contributed by atoms with Gasteiger partial charge in [-0.2, -0.15) is 0 Å². The number of Topliss-reactive ketones (excluding diaryl/α,β-unsaturated/α-hetero) is 2. The summed E-state index contributed by atoms with van der Waals surface area (Å²) in [4.78, 5) is 36.2. The third kappa shape index (κ3) is 10.7. The largest absolute Gasteiger partial charge is 0.477 e. The van der Waals surface area contributed by atoms with Gasteiger partial charge in [-0.05, 0) is 72.5 Å². The average molecular weight is 732 g/mol. The van der Waals surface area contributed by atoms with E-state index in [1.54, 1.807) is 37.3 Å². The van der Waals surface area contributed by atoms with Crippen molar-refractivity contribution in [1.29, 1.82) is 0 Å². The Hall–Kier alpha value is -3.35. The van der Waals surface area contributed by atoms with Gasteiger partial charge < -0.3 is 26.3 Å². The van der Waals surface area contributed by atoms with Crippen LogP contribution < -0.4 is 11.5 Å². The Bertz CT molecular complexity index is 1600. The maximum Gasteiger partial charge on any atom is 0.345 e. The predicted molar refractivity (Wildman–Crippen MR) is 181 cm³/mol. The van der Waals surface area contributed by atoms with E-state index in [1.807, 2.05) is 49.4 Å². The second kappa shape index (κ2) is 16.5. The third-order valence-corrected chi connectivity index (χ3v) is 8.25. The first kappa shape index (κ1) is 34.1. The summed E-state index contributed by atoms with van der Waals surface area (Å²) in [5.74, 6) is -0.644. The quantitative estimate of drug-likeness (QED) is 0.108. The van der Waals surface area contributed by atoms with Crippen LogP contribution in [-0.4, -0.2) is 46.9 Å². The molecule has 5 aromatic rings. The molecule has 6 N–H and O–H groups in total. The molecule has 0 amide bonds. The minimum Gasteiger partial charge on any atom is -0.477 e. The van der Waals surface area contributed by atoms with Gasteiger partial charge in [-0.1, -0.05) is 50.9 Å². The van der Waals surface area contributed by atoms with Crippen LogP contribution >= 0.6 is 43.2 Å². The standard InChI is InChI=1S/C10H8BrNO.C9H5BrO2S.C9H11NO.C4H9NO/c1-6(13)9-4-7-2-3-8(11)5-10(7)12-9;10-6-2-1-5-3-8(9(11)12)13-7(5)4-6;1-2-9(11)7-3-5-8(10)6-4-7;5-4-1-2-6-3-4/h2-5,12H,1H3;1-4H,(H,11,12);3-6H,2,10H2,1H3;4H,1-3,5H2. The maximum absolute atomic E-state index is 11.1. The molecule has 0 saturated carbocycles. The number of nitrogen functional groups attached to an aromatic ring is 1. The van der Waals surface area contributed by atoms with E-state index in [0.717, 1.165) is 55.1 Å². The molecule has 3 aromatic carbocycles. The molecule has 2 aromatic heterocycles. The number of ether oxygens (including phenoxy) is 1. The summed E-state index contributed by atoms with van der Waals surface area (Å²) >= 11 is 8.00. The van der Waals surface area contributed by atoms with Gasteiger partial charge in [0.1, 0.15) is 4.88 Å². The summed E-state index contributed by atoms with van der Waals surface area (Å²) < 4.78 is 7.91. The molecule has 0 radical (unpaired) electrons. The van der Waals surface area contributed by atoms with Crippen LogP contribution in [0.2, 0.25) is 0 Å². The fourth-order valence-corrected chi connectivity index (χ4v) is 5.64. The molecule has 1 fully saturated rings. The van der Waals surface area contributed by atoms with Crippen molar-refractivity contribution in [2.75, 3.05) is 18.9 Å². The number of aromatic carboxylic acids is 1. The van der Waals surface area contributed by atoms with E-state index in [2.05, 4.69) is 36.8 Å². The molecular weight excluding hydrogens is 698 g/mol. The van der Waals surface area contributed by atoms with Crippen molar-refractivity contribution >= 4 is 87.4 Å². The number of H-pyrrole nitrogens is 1. The summed E-state index contributed by atoms with van der Waals surface area (Å²) in [6.45, 7) is 5.03. The first-order chi connectivity index (χ1) is 20.5. The molecule has 0 spiro atoms. The Labute approximate surface area is 270 Å². The van der Waals surface area contributed by atoms with Gasteiger partial charge in [0.15, 0.2) is 11.6 Å². The van der Waals surface area contributed by atoms with Crippen LogP contribution in [0.5, 0.6) is 0 Å². The van der Waals surface area contributed by atoms with E-state index in [9.17, 15) is 14.4 Å². The van der Waals surface area contributed by atoms with E-state index in [0.29, 0.717) is 28.7 Å². The Morgan fingerprint density at radius 3 is 2.16 bits per heavy atom. The van der Waals surface area contributed by atoms with E-state index in [1.165, 1.54) is 11.3 Å². The van der Waals surface area contributed by atoms with Crippen molar-refractivity contribution in [2.45, 2.75) is 32.7 Å². The molecule has 11 heteroatoms. The van der Waals surface area contributed by atoms with Crippen molar-refractivity contribution in [1.82, 2.24) is 4.98 Å². The number of hydrogen-bond donors (Lipinski definition) is 4. The molecule has 6 rings (SSSR count). The number of carbonyl (C=O) groups is 3. The number of thiophene rings is 1. The number of ketones is 2. The number of aromatic amines is 1. The minimum atomic E-state index is -0.864. The van der Waals surface area contributed by atoms with Gasteiger partial charge in [0.25, 0.3) is 0 Å². The first-order valence-corrected chi connectivity index (χ1v) is 15.8. The lowest BCUT2D eigenvalue weighted by molar-refractivity contribution is 0.0701. The SMILES string of the molecule is CC(=O)c1cc2ccc(Br)cc2[nH]1.CCC(=O)c1ccc(N)cc1.NC1CCOC1.O=C(O)c1cc2ccc(Br)cc2s1. The van der Waals surface area contributed by atoms with Crippen molar-refractivity contribution < 1.29 is 24.2 Å². The van der Waals surface area contributed by atoms with Crippen molar-refractivity contribution in [3.05, 3.63) is 97.9 Å². The Morgan fingerprint density at radius 2 is 1.63 bits per heavy atom.